The minimum absolute atomic E-state index is 0.279. The summed E-state index contributed by atoms with van der Waals surface area (Å²) in [6.45, 7) is 4.51. The molecule has 0 aliphatic carbocycles. The monoisotopic (exact) mass is 411 g/mol. The van der Waals surface area contributed by atoms with Crippen molar-refractivity contribution in [3.63, 3.8) is 0 Å². The normalized spacial score (nSPS) is 11.0. The summed E-state index contributed by atoms with van der Waals surface area (Å²) in [4.78, 5) is 41.4. The molecule has 158 valence electrons. The van der Waals surface area contributed by atoms with Gasteiger partial charge in [-0.3, -0.25) is 19.0 Å². The highest BCUT2D eigenvalue weighted by Crippen LogP contribution is 2.16. The topological polar surface area (TPSA) is 92.4 Å². The van der Waals surface area contributed by atoms with Crippen molar-refractivity contribution in [1.82, 2.24) is 14.1 Å². The van der Waals surface area contributed by atoms with E-state index in [1.165, 1.54) is 10.9 Å². The maximum atomic E-state index is 12.6. The van der Waals surface area contributed by atoms with E-state index in [1.807, 2.05) is 18.4 Å². The lowest BCUT2D eigenvalue weighted by Gasteiger charge is -2.10. The van der Waals surface area contributed by atoms with Crippen LogP contribution in [0.5, 0.6) is 0 Å². The second-order valence-corrected chi connectivity index (χ2v) is 7.06. The maximum Gasteiger partial charge on any atom is 0.326 e. The van der Waals surface area contributed by atoms with Crippen LogP contribution in [0.25, 0.3) is 10.9 Å². The van der Waals surface area contributed by atoms with Crippen LogP contribution in [0, 0.1) is 13.8 Å². The highest BCUT2D eigenvalue weighted by Gasteiger charge is 2.18. The number of esters is 1. The van der Waals surface area contributed by atoms with Gasteiger partial charge in [0.2, 0.25) is 5.78 Å². The third-order valence-corrected chi connectivity index (χ3v) is 5.00. The molecule has 2 aromatic heterocycles. The molecule has 0 spiro atoms. The molecular weight excluding hydrogens is 386 g/mol. The second kappa shape index (κ2) is 9.49. The van der Waals surface area contributed by atoms with E-state index in [1.54, 1.807) is 37.4 Å². The molecule has 0 amide bonds. The van der Waals surface area contributed by atoms with E-state index in [0.717, 1.165) is 24.4 Å². The summed E-state index contributed by atoms with van der Waals surface area (Å²) in [7, 11) is 1.65. The molecule has 0 bridgehead atoms. The van der Waals surface area contributed by atoms with Gasteiger partial charge in [-0.05, 0) is 38.5 Å². The molecule has 0 aliphatic rings. The van der Waals surface area contributed by atoms with Gasteiger partial charge in [0.05, 0.1) is 17.2 Å². The molecule has 3 rings (SSSR count). The zero-order chi connectivity index (χ0) is 21.7. The third kappa shape index (κ3) is 4.65. The smallest absolute Gasteiger partial charge is 0.326 e. The van der Waals surface area contributed by atoms with E-state index in [0.29, 0.717) is 23.1 Å². The standard InChI is InChI=1S/C22H25N3O5/c1-15-11-18(16(2)25(15)9-6-10-29-3)20(26)13-30-21(27)12-24-14-23-19-8-5-4-7-17(19)22(24)28/h4-5,7-8,11,14H,6,9-10,12-13H2,1-3H3. The molecule has 0 atom stereocenters. The molecule has 0 saturated carbocycles. The molecule has 0 radical (unpaired) electrons. The lowest BCUT2D eigenvalue weighted by Crippen LogP contribution is -2.26. The SMILES string of the molecule is COCCCn1c(C)cc(C(=O)COC(=O)Cn2cnc3ccccc3c2=O)c1C. The molecule has 0 N–H and O–H groups in total. The zero-order valence-electron chi connectivity index (χ0n) is 17.4. The maximum absolute atomic E-state index is 12.6. The first-order valence-electron chi connectivity index (χ1n) is 9.71. The summed E-state index contributed by atoms with van der Waals surface area (Å²) in [5, 5.41) is 0.421. The summed E-state index contributed by atoms with van der Waals surface area (Å²) in [5.74, 6) is -0.949. The van der Waals surface area contributed by atoms with Crippen molar-refractivity contribution >= 4 is 22.7 Å². The minimum atomic E-state index is -0.670. The quantitative estimate of drug-likeness (QED) is 0.305. The Morgan fingerprint density at radius 1 is 1.17 bits per heavy atom. The number of ketones is 1. The predicted octanol–water partition coefficient (Wildman–Crippen LogP) is 2.28. The van der Waals surface area contributed by atoms with Crippen molar-refractivity contribution in [3.8, 4) is 0 Å². The fourth-order valence-electron chi connectivity index (χ4n) is 3.42. The zero-order valence-corrected chi connectivity index (χ0v) is 17.4. The van der Waals surface area contributed by atoms with Gasteiger partial charge in [-0.2, -0.15) is 0 Å². The van der Waals surface area contributed by atoms with Gasteiger partial charge < -0.3 is 14.0 Å². The van der Waals surface area contributed by atoms with E-state index < -0.39 is 5.97 Å². The van der Waals surface area contributed by atoms with E-state index in [2.05, 4.69) is 4.98 Å². The van der Waals surface area contributed by atoms with Gasteiger partial charge in [-0.25, -0.2) is 4.98 Å². The van der Waals surface area contributed by atoms with E-state index >= 15 is 0 Å². The number of fused-ring (bicyclic) bond motifs is 1. The van der Waals surface area contributed by atoms with Crippen LogP contribution in [-0.2, 0) is 27.4 Å². The second-order valence-electron chi connectivity index (χ2n) is 7.06. The van der Waals surface area contributed by atoms with Crippen LogP contribution in [0.15, 0.2) is 41.5 Å². The van der Waals surface area contributed by atoms with Crippen LogP contribution in [0.1, 0.15) is 28.2 Å². The van der Waals surface area contributed by atoms with E-state index in [-0.39, 0.29) is 24.5 Å². The first kappa shape index (κ1) is 21.4. The van der Waals surface area contributed by atoms with Crippen molar-refractivity contribution in [2.45, 2.75) is 33.4 Å². The van der Waals surface area contributed by atoms with Gasteiger partial charge in [-0.1, -0.05) is 12.1 Å². The van der Waals surface area contributed by atoms with Gasteiger partial charge in [0.15, 0.2) is 6.61 Å². The summed E-state index contributed by atoms with van der Waals surface area (Å²) < 4.78 is 13.4. The number of aromatic nitrogens is 3. The van der Waals surface area contributed by atoms with Gasteiger partial charge in [0.1, 0.15) is 6.54 Å². The van der Waals surface area contributed by atoms with Crippen molar-refractivity contribution in [2.24, 2.45) is 0 Å². The molecular formula is C22H25N3O5. The summed E-state index contributed by atoms with van der Waals surface area (Å²) >= 11 is 0. The first-order chi connectivity index (χ1) is 14.4. The van der Waals surface area contributed by atoms with Crippen LogP contribution in [0.4, 0.5) is 0 Å². The molecule has 1 aromatic carbocycles. The van der Waals surface area contributed by atoms with Gasteiger partial charge in [0, 0.05) is 37.2 Å². The molecule has 2 heterocycles. The fourth-order valence-corrected chi connectivity index (χ4v) is 3.42. The number of Topliss-reactive ketones (excluding diaryl/α,β-unsaturated/α-hetero) is 1. The van der Waals surface area contributed by atoms with Crippen LogP contribution in [-0.4, -0.2) is 46.2 Å². The number of carbonyl (C=O) groups is 2. The van der Waals surface area contributed by atoms with Crippen LogP contribution in [0.2, 0.25) is 0 Å². The Bertz CT molecular complexity index is 1130. The van der Waals surface area contributed by atoms with Gasteiger partial charge in [-0.15, -0.1) is 0 Å². The Balaban J connectivity index is 1.63. The summed E-state index contributed by atoms with van der Waals surface area (Å²) in [5.41, 5.74) is 2.56. The highest BCUT2D eigenvalue weighted by atomic mass is 16.5. The predicted molar refractivity (Wildman–Crippen MR) is 112 cm³/mol. The Labute approximate surface area is 174 Å². The third-order valence-electron chi connectivity index (χ3n) is 5.00. The number of nitrogens with zero attached hydrogens (tertiary/aromatic N) is 3. The van der Waals surface area contributed by atoms with E-state index in [9.17, 15) is 14.4 Å². The number of methoxy groups -OCH3 is 1. The largest absolute Gasteiger partial charge is 0.456 e. The highest BCUT2D eigenvalue weighted by molar-refractivity contribution is 5.99. The van der Waals surface area contributed by atoms with E-state index in [4.69, 9.17) is 9.47 Å². The molecule has 8 heteroatoms. The molecule has 0 aliphatic heterocycles. The minimum Gasteiger partial charge on any atom is -0.456 e. The summed E-state index contributed by atoms with van der Waals surface area (Å²) in [6.07, 6.45) is 2.14. The molecule has 0 unspecified atom stereocenters. The molecule has 30 heavy (non-hydrogen) atoms. The molecule has 0 saturated heterocycles. The molecule has 0 fully saturated rings. The Hall–Kier alpha value is -3.26. The van der Waals surface area contributed by atoms with Crippen LogP contribution < -0.4 is 5.56 Å². The lowest BCUT2D eigenvalue weighted by molar-refractivity contribution is -0.143. The number of rotatable bonds is 9. The number of aryl methyl sites for hydroxylation is 1. The summed E-state index contributed by atoms with van der Waals surface area (Å²) in [6, 6.07) is 8.70. The first-order valence-corrected chi connectivity index (χ1v) is 9.71. The fraction of sp³-hybridized carbons (Fsp3) is 0.364. The van der Waals surface area contributed by atoms with Crippen molar-refractivity contribution in [2.75, 3.05) is 20.3 Å². The number of hydrogen-bond acceptors (Lipinski definition) is 6. The van der Waals surface area contributed by atoms with Crippen molar-refractivity contribution < 1.29 is 19.1 Å². The van der Waals surface area contributed by atoms with Crippen molar-refractivity contribution in [1.29, 1.82) is 0 Å². The van der Waals surface area contributed by atoms with Crippen LogP contribution >= 0.6 is 0 Å². The number of para-hydroxylation sites is 1. The lowest BCUT2D eigenvalue weighted by atomic mass is 10.1. The Morgan fingerprint density at radius 3 is 2.70 bits per heavy atom. The molecule has 8 nitrogen and oxygen atoms in total. The molecule has 3 aromatic rings. The Kier molecular flexibility index (Phi) is 6.79. The van der Waals surface area contributed by atoms with Crippen LogP contribution in [0.3, 0.4) is 0 Å². The van der Waals surface area contributed by atoms with Gasteiger partial charge >= 0.3 is 5.97 Å². The number of hydrogen-bond donors (Lipinski definition) is 0. The number of ether oxygens (including phenoxy) is 2. The van der Waals surface area contributed by atoms with Crippen molar-refractivity contribution in [3.05, 3.63) is 64.0 Å². The number of benzene rings is 1. The Morgan fingerprint density at radius 2 is 1.93 bits per heavy atom. The average Bonchev–Trinajstić information content (AvgIpc) is 3.03. The number of carbonyl (C=O) groups excluding carboxylic acids is 2. The van der Waals surface area contributed by atoms with Gasteiger partial charge in [0.25, 0.3) is 5.56 Å². The average molecular weight is 411 g/mol.